The summed E-state index contributed by atoms with van der Waals surface area (Å²) in [6.07, 6.45) is 7.94. The van der Waals surface area contributed by atoms with Crippen molar-refractivity contribution >= 4 is 16.2 Å². The molecule has 0 aromatic heterocycles. The molecule has 4 aliphatic carbocycles. The molecule has 0 heterocycles. The van der Waals surface area contributed by atoms with E-state index in [2.05, 4.69) is 13.8 Å². The quantitative estimate of drug-likeness (QED) is 0.387. The molecular weight excluding hydrogens is 363 g/mol. The van der Waals surface area contributed by atoms with Crippen LogP contribution >= 0.6 is 0 Å². The van der Waals surface area contributed by atoms with Gasteiger partial charge in [0.1, 0.15) is 5.78 Å². The average Bonchev–Trinajstić information content (AvgIpc) is 2.82. The summed E-state index contributed by atoms with van der Waals surface area (Å²) in [5, 5.41) is 0. The van der Waals surface area contributed by atoms with E-state index >= 15 is 0 Å². The van der Waals surface area contributed by atoms with Gasteiger partial charge in [-0.25, -0.2) is 8.42 Å². The standard InChI is InChI=1S/C19H30O5S.Na/c1-18-9-7-13(24-25(21,22)23)11-12(18)3-4-14-15-5-6-17(20)19(15,2)10-8-16(14)18;/h12-16H,3-11H2,1-2H3,(H,21,22,23);/q;+1/p-1/t12-,13?,14?,15?,16?,18+,19-;/m0./s1. The number of carbonyl (C=O) groups excluding carboxylic acids is 1. The van der Waals surface area contributed by atoms with E-state index in [1.807, 2.05) is 0 Å². The maximum atomic E-state index is 12.4. The van der Waals surface area contributed by atoms with Crippen molar-refractivity contribution in [3.63, 3.8) is 0 Å². The molecule has 4 rings (SSSR count). The maximum Gasteiger partial charge on any atom is 1.00 e. The number of hydrogen-bond acceptors (Lipinski definition) is 5. The maximum absolute atomic E-state index is 12.4. The second-order valence-electron chi connectivity index (χ2n) is 9.48. The Morgan fingerprint density at radius 2 is 1.77 bits per heavy atom. The van der Waals surface area contributed by atoms with Gasteiger partial charge in [-0.05, 0) is 80.5 Å². The van der Waals surface area contributed by atoms with Gasteiger partial charge in [0.25, 0.3) is 0 Å². The smallest absolute Gasteiger partial charge is 0.726 e. The molecular formula is C19H29NaO5S. The summed E-state index contributed by atoms with van der Waals surface area (Å²) in [5.74, 6) is 2.69. The molecule has 0 N–H and O–H groups in total. The molecule has 4 unspecified atom stereocenters. The molecule has 7 heteroatoms. The van der Waals surface area contributed by atoms with Crippen molar-refractivity contribution < 1.29 is 51.5 Å². The van der Waals surface area contributed by atoms with Crippen LogP contribution in [0.15, 0.2) is 0 Å². The molecule has 26 heavy (non-hydrogen) atoms. The predicted molar refractivity (Wildman–Crippen MR) is 91.3 cm³/mol. The van der Waals surface area contributed by atoms with Crippen LogP contribution in [-0.2, 0) is 19.4 Å². The molecule has 7 atom stereocenters. The fourth-order valence-corrected chi connectivity index (χ4v) is 7.75. The van der Waals surface area contributed by atoms with E-state index in [9.17, 15) is 17.8 Å². The van der Waals surface area contributed by atoms with E-state index < -0.39 is 16.5 Å². The molecule has 0 spiro atoms. The minimum atomic E-state index is -4.62. The first kappa shape index (κ1) is 21.3. The molecule has 0 aliphatic heterocycles. The molecule has 5 nitrogen and oxygen atoms in total. The Kier molecular flexibility index (Phi) is 5.80. The summed E-state index contributed by atoms with van der Waals surface area (Å²) >= 11 is 0. The third-order valence-corrected chi connectivity index (χ3v) is 9.09. The van der Waals surface area contributed by atoms with Crippen LogP contribution in [0.5, 0.6) is 0 Å². The van der Waals surface area contributed by atoms with Crippen LogP contribution in [-0.4, -0.2) is 24.9 Å². The number of carbonyl (C=O) groups is 1. The van der Waals surface area contributed by atoms with Crippen molar-refractivity contribution in [2.24, 2.45) is 34.5 Å². The second kappa shape index (κ2) is 7.10. The fourth-order valence-electron chi connectivity index (χ4n) is 7.24. The molecule has 4 fully saturated rings. The predicted octanol–water partition coefficient (Wildman–Crippen LogP) is 0.448. The van der Waals surface area contributed by atoms with Crippen molar-refractivity contribution in [3.8, 4) is 0 Å². The fraction of sp³-hybridized carbons (Fsp3) is 0.947. The van der Waals surface area contributed by atoms with Crippen molar-refractivity contribution in [3.05, 3.63) is 0 Å². The van der Waals surface area contributed by atoms with Gasteiger partial charge in [-0.3, -0.25) is 8.98 Å². The van der Waals surface area contributed by atoms with Gasteiger partial charge in [0.2, 0.25) is 10.4 Å². The molecule has 0 saturated heterocycles. The van der Waals surface area contributed by atoms with Gasteiger partial charge in [-0.2, -0.15) is 0 Å². The van der Waals surface area contributed by atoms with Gasteiger partial charge in [0.05, 0.1) is 6.10 Å². The second-order valence-corrected chi connectivity index (χ2v) is 10.5. The largest absolute Gasteiger partial charge is 1.00 e. The minimum Gasteiger partial charge on any atom is -0.726 e. The molecule has 0 radical (unpaired) electrons. The van der Waals surface area contributed by atoms with Gasteiger partial charge in [0, 0.05) is 11.8 Å². The Bertz CT molecular complexity index is 679. The number of Topliss-reactive ketones (excluding diaryl/α,β-unsaturated/α-hetero) is 1. The first-order valence-corrected chi connectivity index (χ1v) is 11.1. The third kappa shape index (κ3) is 3.37. The first-order chi connectivity index (χ1) is 11.6. The van der Waals surface area contributed by atoms with Gasteiger partial charge < -0.3 is 4.55 Å². The van der Waals surface area contributed by atoms with Crippen molar-refractivity contribution in [2.45, 2.75) is 77.7 Å². The van der Waals surface area contributed by atoms with Gasteiger partial charge in [-0.1, -0.05) is 13.8 Å². The topological polar surface area (TPSA) is 83.5 Å². The molecule has 0 bridgehead atoms. The molecule has 4 aliphatic rings. The summed E-state index contributed by atoms with van der Waals surface area (Å²) in [4.78, 5) is 12.4. The molecule has 4 saturated carbocycles. The number of fused-ring (bicyclic) bond motifs is 5. The van der Waals surface area contributed by atoms with Crippen LogP contribution in [0, 0.1) is 34.5 Å². The van der Waals surface area contributed by atoms with Gasteiger partial charge in [0.15, 0.2) is 0 Å². The Labute approximate surface area is 179 Å². The van der Waals surface area contributed by atoms with Gasteiger partial charge in [-0.15, -0.1) is 0 Å². The third-order valence-electron chi connectivity index (χ3n) is 8.58. The van der Waals surface area contributed by atoms with Crippen molar-refractivity contribution in [1.29, 1.82) is 0 Å². The van der Waals surface area contributed by atoms with E-state index in [1.54, 1.807) is 0 Å². The zero-order chi connectivity index (χ0) is 18.0. The summed E-state index contributed by atoms with van der Waals surface area (Å²) in [5.41, 5.74) is 0.101. The molecule has 0 amide bonds. The number of hydrogen-bond donors (Lipinski definition) is 0. The van der Waals surface area contributed by atoms with Crippen LogP contribution in [0.3, 0.4) is 0 Å². The average molecular weight is 392 g/mol. The minimum absolute atomic E-state index is 0. The van der Waals surface area contributed by atoms with E-state index in [0.717, 1.165) is 44.9 Å². The molecule has 0 aromatic carbocycles. The normalized spacial score (nSPS) is 48.1. The zero-order valence-corrected chi connectivity index (χ0v) is 19.0. The summed E-state index contributed by atoms with van der Waals surface area (Å²) in [6, 6.07) is 0. The van der Waals surface area contributed by atoms with Crippen molar-refractivity contribution in [2.75, 3.05) is 0 Å². The molecule has 142 valence electrons. The van der Waals surface area contributed by atoms with Gasteiger partial charge >= 0.3 is 29.6 Å². The molecule has 0 aromatic rings. The van der Waals surface area contributed by atoms with E-state index in [-0.39, 0.29) is 40.4 Å². The van der Waals surface area contributed by atoms with Crippen LogP contribution in [0.4, 0.5) is 0 Å². The first-order valence-electron chi connectivity index (χ1n) is 9.81. The van der Waals surface area contributed by atoms with E-state index in [1.165, 1.54) is 0 Å². The van der Waals surface area contributed by atoms with Crippen LogP contribution < -0.4 is 29.6 Å². The summed E-state index contributed by atoms with van der Waals surface area (Å²) < 4.78 is 37.6. The van der Waals surface area contributed by atoms with Crippen molar-refractivity contribution in [1.82, 2.24) is 0 Å². The summed E-state index contributed by atoms with van der Waals surface area (Å²) in [7, 11) is -4.62. The SMILES string of the molecule is C[C@@]12CCC(OS(=O)(=O)[O-])C[C@@H]1CCC1C2CC[C@]2(C)C(=O)CCC12.[Na+]. The number of rotatable bonds is 2. The summed E-state index contributed by atoms with van der Waals surface area (Å²) in [6.45, 7) is 4.57. The van der Waals surface area contributed by atoms with E-state index in [0.29, 0.717) is 42.3 Å². The zero-order valence-electron chi connectivity index (χ0n) is 16.2. The van der Waals surface area contributed by atoms with Crippen LogP contribution in [0.2, 0.25) is 0 Å². The Morgan fingerprint density at radius 3 is 2.46 bits per heavy atom. The Morgan fingerprint density at radius 1 is 1.04 bits per heavy atom. The monoisotopic (exact) mass is 392 g/mol. The Hall–Kier alpha value is 0.540. The number of ketones is 1. The van der Waals surface area contributed by atoms with E-state index in [4.69, 9.17) is 4.18 Å². The van der Waals surface area contributed by atoms with Crippen LogP contribution in [0.25, 0.3) is 0 Å². The van der Waals surface area contributed by atoms with Crippen LogP contribution in [0.1, 0.15) is 71.6 Å². The Balaban J connectivity index is 0.00000196.